The molecule has 0 amide bonds. The molecule has 0 saturated heterocycles. The number of benzene rings is 4. The molecule has 0 fully saturated rings. The summed E-state index contributed by atoms with van der Waals surface area (Å²) < 4.78 is 6.08. The normalized spacial score (nSPS) is 19.9. The molecule has 0 aromatic heterocycles. The van der Waals surface area contributed by atoms with Crippen LogP contribution >= 0.6 is 11.6 Å². The van der Waals surface area contributed by atoms with E-state index >= 15 is 0 Å². The fourth-order valence-electron chi connectivity index (χ4n) is 5.42. The zero-order chi connectivity index (χ0) is 25.2. The first-order chi connectivity index (χ1) is 18.1. The Morgan fingerprint density at radius 3 is 2.62 bits per heavy atom. The van der Waals surface area contributed by atoms with E-state index in [1.165, 1.54) is 22.4 Å². The Morgan fingerprint density at radius 2 is 1.78 bits per heavy atom. The van der Waals surface area contributed by atoms with Gasteiger partial charge in [-0.05, 0) is 78.4 Å². The number of para-hydroxylation sites is 1. The number of ether oxygens (including phenoxy) is 1. The lowest BCUT2D eigenvalue weighted by atomic mass is 9.76. The topological polar surface area (TPSA) is 33.6 Å². The molecule has 6 rings (SSSR count). The second kappa shape index (κ2) is 10.3. The Kier molecular flexibility index (Phi) is 6.55. The van der Waals surface area contributed by atoms with Crippen LogP contribution in [-0.2, 0) is 6.61 Å². The molecule has 37 heavy (non-hydrogen) atoms. The van der Waals surface area contributed by atoms with Gasteiger partial charge in [0.2, 0.25) is 0 Å². The van der Waals surface area contributed by atoms with Crippen molar-refractivity contribution in [3.05, 3.63) is 136 Å². The van der Waals surface area contributed by atoms with Crippen molar-refractivity contribution in [2.45, 2.75) is 31.9 Å². The van der Waals surface area contributed by atoms with E-state index in [2.05, 4.69) is 66.9 Å². The number of rotatable bonds is 6. The molecule has 0 radical (unpaired) electrons. The van der Waals surface area contributed by atoms with Crippen molar-refractivity contribution in [2.75, 3.05) is 5.32 Å². The maximum Gasteiger partial charge on any atom is 0.128 e. The minimum atomic E-state index is 0.287. The third kappa shape index (κ3) is 5.05. The number of halogens is 1. The predicted octanol–water partition coefficient (Wildman–Crippen LogP) is 8.80. The molecule has 3 atom stereocenters. The van der Waals surface area contributed by atoms with Gasteiger partial charge >= 0.3 is 0 Å². The fourth-order valence-corrected chi connectivity index (χ4v) is 5.54. The van der Waals surface area contributed by atoms with E-state index in [0.29, 0.717) is 18.4 Å². The zero-order valence-electron chi connectivity index (χ0n) is 20.8. The maximum atomic E-state index is 6.08. The molecule has 0 saturated carbocycles. The molecule has 1 N–H and O–H groups in total. The molecule has 2 aliphatic rings. The number of hydrogen-bond acceptors (Lipinski definition) is 3. The van der Waals surface area contributed by atoms with Gasteiger partial charge in [-0.2, -0.15) is 0 Å². The average Bonchev–Trinajstić information content (AvgIpc) is 3.43. The van der Waals surface area contributed by atoms with E-state index in [0.717, 1.165) is 34.0 Å². The third-order valence-electron chi connectivity index (χ3n) is 7.35. The predicted molar refractivity (Wildman–Crippen MR) is 153 cm³/mol. The Bertz CT molecular complexity index is 1460. The first kappa shape index (κ1) is 23.6. The fraction of sp³-hybridized carbons (Fsp3) is 0.182. The first-order valence-corrected chi connectivity index (χ1v) is 13.2. The Hall–Kier alpha value is -3.82. The molecule has 0 spiro atoms. The molecule has 1 aliphatic carbocycles. The second-order valence-corrected chi connectivity index (χ2v) is 10.3. The van der Waals surface area contributed by atoms with Crippen molar-refractivity contribution >= 4 is 29.2 Å². The minimum absolute atomic E-state index is 0.287. The summed E-state index contributed by atoms with van der Waals surface area (Å²) in [5.74, 6) is 1.81. The Labute approximate surface area is 223 Å². The van der Waals surface area contributed by atoms with Crippen molar-refractivity contribution in [2.24, 2.45) is 10.9 Å². The Balaban J connectivity index is 1.17. The van der Waals surface area contributed by atoms with Gasteiger partial charge in [0.25, 0.3) is 0 Å². The smallest absolute Gasteiger partial charge is 0.128 e. The van der Waals surface area contributed by atoms with Crippen LogP contribution < -0.4 is 10.1 Å². The van der Waals surface area contributed by atoms with Crippen LogP contribution in [0, 0.1) is 12.8 Å². The minimum Gasteiger partial charge on any atom is -0.488 e. The summed E-state index contributed by atoms with van der Waals surface area (Å²) >= 11 is 5.99. The molecule has 0 bridgehead atoms. The number of anilines is 1. The quantitative estimate of drug-likeness (QED) is 0.210. The van der Waals surface area contributed by atoms with E-state index in [1.807, 2.05) is 54.7 Å². The molecular formula is C33H29ClN2O. The van der Waals surface area contributed by atoms with Gasteiger partial charge in [0.1, 0.15) is 12.4 Å². The molecule has 0 unspecified atom stereocenters. The van der Waals surface area contributed by atoms with E-state index < -0.39 is 0 Å². The van der Waals surface area contributed by atoms with E-state index in [4.69, 9.17) is 21.3 Å². The van der Waals surface area contributed by atoms with Gasteiger partial charge in [-0.15, -0.1) is 0 Å². The number of nitrogens with one attached hydrogen (secondary N) is 1. The summed E-state index contributed by atoms with van der Waals surface area (Å²) in [4.78, 5) is 4.75. The van der Waals surface area contributed by atoms with Crippen molar-refractivity contribution in [1.82, 2.24) is 0 Å². The van der Waals surface area contributed by atoms with E-state index in [-0.39, 0.29) is 6.04 Å². The molecule has 1 heterocycles. The molecule has 4 aromatic rings. The molecule has 3 nitrogen and oxygen atoms in total. The van der Waals surface area contributed by atoms with Gasteiger partial charge in [-0.25, -0.2) is 0 Å². The van der Waals surface area contributed by atoms with Crippen LogP contribution in [-0.4, -0.2) is 6.21 Å². The summed E-state index contributed by atoms with van der Waals surface area (Å²) in [6.45, 7) is 2.65. The standard InChI is InChI=1S/C33H29ClN2O/c1-22-9-18-31-30(19-22)28-6-4-7-29(28)33(36-31)24-12-16-27(17-13-24)35-20-25-5-2-3-8-32(25)37-21-23-10-14-26(34)15-11-23/h2-6,8-20,28-29,33,36H,7,21H2,1H3/t28-,29-,33-/m1/s1. The monoisotopic (exact) mass is 504 g/mol. The van der Waals surface area contributed by atoms with E-state index in [1.54, 1.807) is 0 Å². The van der Waals surface area contributed by atoms with Crippen molar-refractivity contribution in [1.29, 1.82) is 0 Å². The number of aliphatic imine (C=N–C) groups is 1. The molecule has 4 heteroatoms. The highest BCUT2D eigenvalue weighted by atomic mass is 35.5. The molecule has 1 aliphatic heterocycles. The summed E-state index contributed by atoms with van der Waals surface area (Å²) in [6, 6.07) is 31.4. The van der Waals surface area contributed by atoms with Crippen LogP contribution in [0.5, 0.6) is 5.75 Å². The first-order valence-electron chi connectivity index (χ1n) is 12.8. The number of nitrogens with zero attached hydrogens (tertiary/aromatic N) is 1. The van der Waals surface area contributed by atoms with Crippen LogP contribution in [0.25, 0.3) is 0 Å². The third-order valence-corrected chi connectivity index (χ3v) is 7.60. The average molecular weight is 505 g/mol. The van der Waals surface area contributed by atoms with Crippen molar-refractivity contribution in [3.63, 3.8) is 0 Å². The lowest BCUT2D eigenvalue weighted by Crippen LogP contribution is -2.29. The number of allylic oxidation sites excluding steroid dienone is 2. The second-order valence-electron chi connectivity index (χ2n) is 9.87. The highest BCUT2D eigenvalue weighted by Gasteiger charge is 2.37. The molecular weight excluding hydrogens is 476 g/mol. The summed E-state index contributed by atoms with van der Waals surface area (Å²) in [7, 11) is 0. The van der Waals surface area contributed by atoms with E-state index in [9.17, 15) is 0 Å². The molecule has 184 valence electrons. The van der Waals surface area contributed by atoms with Gasteiger partial charge in [0.15, 0.2) is 0 Å². The Morgan fingerprint density at radius 1 is 0.973 bits per heavy atom. The van der Waals surface area contributed by atoms with Gasteiger partial charge in [0, 0.05) is 28.4 Å². The highest BCUT2D eigenvalue weighted by Crippen LogP contribution is 2.50. The van der Waals surface area contributed by atoms with Gasteiger partial charge in [-0.1, -0.05) is 77.8 Å². The SMILES string of the molecule is Cc1ccc2c(c1)[C@@H]1C=CC[C@H]1[C@@H](c1ccc(N=Cc3ccccc3OCc3ccc(Cl)cc3)cc1)N2. The van der Waals surface area contributed by atoms with Crippen LogP contribution in [0.1, 0.15) is 46.2 Å². The van der Waals surface area contributed by atoms with Gasteiger partial charge in [0.05, 0.1) is 11.7 Å². The van der Waals surface area contributed by atoms with Gasteiger partial charge < -0.3 is 10.1 Å². The zero-order valence-corrected chi connectivity index (χ0v) is 21.5. The molecule has 4 aromatic carbocycles. The maximum absolute atomic E-state index is 6.08. The van der Waals surface area contributed by atoms with Crippen LogP contribution in [0.15, 0.2) is 108 Å². The lowest BCUT2D eigenvalue weighted by molar-refractivity contribution is 0.306. The largest absolute Gasteiger partial charge is 0.488 e. The van der Waals surface area contributed by atoms with Crippen molar-refractivity contribution in [3.8, 4) is 5.75 Å². The van der Waals surface area contributed by atoms with Crippen molar-refractivity contribution < 1.29 is 4.74 Å². The number of hydrogen-bond donors (Lipinski definition) is 1. The van der Waals surface area contributed by atoms with Crippen LogP contribution in [0.4, 0.5) is 11.4 Å². The summed E-state index contributed by atoms with van der Waals surface area (Å²) in [5.41, 5.74) is 8.23. The van der Waals surface area contributed by atoms with Crippen LogP contribution in [0.2, 0.25) is 5.02 Å². The van der Waals surface area contributed by atoms with Crippen LogP contribution in [0.3, 0.4) is 0 Å². The summed E-state index contributed by atoms with van der Waals surface area (Å²) in [5, 5.41) is 4.55. The summed E-state index contributed by atoms with van der Waals surface area (Å²) in [6.07, 6.45) is 7.71. The number of aryl methyl sites for hydroxylation is 1. The lowest BCUT2D eigenvalue weighted by Gasteiger charge is -2.37. The highest BCUT2D eigenvalue weighted by molar-refractivity contribution is 6.30. The van der Waals surface area contributed by atoms with Gasteiger partial charge in [-0.3, -0.25) is 4.99 Å². The number of fused-ring (bicyclic) bond motifs is 3.